The minimum absolute atomic E-state index is 0.0855. The maximum absolute atomic E-state index is 12.2. The largest absolute Gasteiger partial charge is 0.337 e. The van der Waals surface area contributed by atoms with E-state index in [4.69, 9.17) is 11.6 Å². The summed E-state index contributed by atoms with van der Waals surface area (Å²) in [5, 5.41) is 2.66. The predicted molar refractivity (Wildman–Crippen MR) is 70.6 cm³/mol. The topological polar surface area (TPSA) is 20.3 Å². The third-order valence-corrected chi connectivity index (χ3v) is 4.11. The van der Waals surface area contributed by atoms with Crippen LogP contribution in [0.2, 0.25) is 5.02 Å². The van der Waals surface area contributed by atoms with Gasteiger partial charge in [0.2, 0.25) is 0 Å². The summed E-state index contributed by atoms with van der Waals surface area (Å²) in [4.78, 5) is 14.7. The van der Waals surface area contributed by atoms with Crippen molar-refractivity contribution < 1.29 is 4.79 Å². The van der Waals surface area contributed by atoms with Crippen LogP contribution in [-0.2, 0) is 6.54 Å². The second-order valence-corrected chi connectivity index (χ2v) is 5.48. The Morgan fingerprint density at radius 2 is 2.12 bits per heavy atom. The molecule has 17 heavy (non-hydrogen) atoms. The number of carbonyl (C=O) groups excluding carboxylic acids is 1. The summed E-state index contributed by atoms with van der Waals surface area (Å²) >= 11 is 7.53. The maximum Gasteiger partial charge on any atom is 0.264 e. The Bertz CT molecular complexity index is 605. The molecule has 0 bridgehead atoms. The van der Waals surface area contributed by atoms with E-state index in [1.54, 1.807) is 4.90 Å². The number of thiophene rings is 1. The van der Waals surface area contributed by atoms with Crippen LogP contribution in [0, 0.1) is 0 Å². The second kappa shape index (κ2) is 3.86. The number of amides is 1. The third-order valence-electron chi connectivity index (χ3n) is 2.98. The molecule has 0 N–H and O–H groups in total. The molecule has 4 heteroatoms. The summed E-state index contributed by atoms with van der Waals surface area (Å²) in [5.74, 6) is 0.0855. The lowest BCUT2D eigenvalue weighted by molar-refractivity contribution is 0.0793. The summed E-state index contributed by atoms with van der Waals surface area (Å²) in [6, 6.07) is 7.80. The van der Waals surface area contributed by atoms with Gasteiger partial charge < -0.3 is 4.90 Å². The van der Waals surface area contributed by atoms with Crippen molar-refractivity contribution in [2.75, 3.05) is 7.05 Å². The summed E-state index contributed by atoms with van der Waals surface area (Å²) in [5.41, 5.74) is 3.22. The highest BCUT2D eigenvalue weighted by Gasteiger charge is 2.24. The fourth-order valence-corrected chi connectivity index (χ4v) is 3.20. The van der Waals surface area contributed by atoms with Crippen molar-refractivity contribution in [3.63, 3.8) is 0 Å². The summed E-state index contributed by atoms with van der Waals surface area (Å²) in [6.07, 6.45) is 0. The molecule has 86 valence electrons. The molecule has 2 nitrogen and oxygen atoms in total. The van der Waals surface area contributed by atoms with E-state index in [-0.39, 0.29) is 5.91 Å². The molecule has 0 saturated carbocycles. The van der Waals surface area contributed by atoms with Crippen LogP contribution in [0.25, 0.3) is 11.1 Å². The molecular formula is C13H10ClNOS. The van der Waals surface area contributed by atoms with E-state index in [9.17, 15) is 4.79 Å². The Morgan fingerprint density at radius 1 is 1.29 bits per heavy atom. The number of carbonyl (C=O) groups is 1. The number of halogens is 1. The normalized spacial score (nSPS) is 14.2. The molecule has 2 aromatic rings. The van der Waals surface area contributed by atoms with Gasteiger partial charge in [-0.1, -0.05) is 17.7 Å². The van der Waals surface area contributed by atoms with Crippen molar-refractivity contribution in [2.45, 2.75) is 6.54 Å². The van der Waals surface area contributed by atoms with Gasteiger partial charge >= 0.3 is 0 Å². The zero-order valence-electron chi connectivity index (χ0n) is 9.24. The van der Waals surface area contributed by atoms with E-state index in [0.717, 1.165) is 21.6 Å². The van der Waals surface area contributed by atoms with Crippen LogP contribution in [0.4, 0.5) is 0 Å². The predicted octanol–water partition coefficient (Wildman–Crippen LogP) is 3.65. The molecule has 1 aliphatic rings. The Kier molecular flexibility index (Phi) is 2.45. The van der Waals surface area contributed by atoms with Crippen LogP contribution in [0.1, 0.15) is 15.2 Å². The lowest BCUT2D eigenvalue weighted by atomic mass is 10.0. The number of hydrogen-bond donors (Lipinski definition) is 0. The first-order chi connectivity index (χ1) is 8.16. The minimum atomic E-state index is 0.0855. The summed E-state index contributed by atoms with van der Waals surface area (Å²) in [6.45, 7) is 0.632. The van der Waals surface area contributed by atoms with Crippen molar-refractivity contribution in [1.82, 2.24) is 4.90 Å². The molecular weight excluding hydrogens is 254 g/mol. The van der Waals surface area contributed by atoms with Crippen molar-refractivity contribution in [3.05, 3.63) is 45.1 Å². The monoisotopic (exact) mass is 263 g/mol. The number of fused-ring (bicyclic) bond motifs is 3. The standard InChI is InChI=1S/C13H10ClNOS/c1-15-7-8-2-3-9(14)6-11(8)10-4-5-17-12(10)13(15)16/h2-6H,7H2,1H3. The first-order valence-electron chi connectivity index (χ1n) is 5.28. The van der Waals surface area contributed by atoms with Gasteiger partial charge in [0.05, 0.1) is 4.88 Å². The zero-order chi connectivity index (χ0) is 12.0. The quantitative estimate of drug-likeness (QED) is 0.710. The van der Waals surface area contributed by atoms with Gasteiger partial charge in [0, 0.05) is 24.2 Å². The first-order valence-corrected chi connectivity index (χ1v) is 6.54. The Hall–Kier alpha value is -1.32. The molecule has 1 aliphatic heterocycles. The van der Waals surface area contributed by atoms with Gasteiger partial charge in [0.1, 0.15) is 0 Å². The van der Waals surface area contributed by atoms with Crippen molar-refractivity contribution >= 4 is 28.8 Å². The van der Waals surface area contributed by atoms with Crippen molar-refractivity contribution in [3.8, 4) is 11.1 Å². The van der Waals surface area contributed by atoms with Crippen molar-refractivity contribution in [1.29, 1.82) is 0 Å². The minimum Gasteiger partial charge on any atom is -0.337 e. The van der Waals surface area contributed by atoms with Crippen LogP contribution in [0.3, 0.4) is 0 Å². The van der Waals surface area contributed by atoms with Crippen LogP contribution in [0.5, 0.6) is 0 Å². The van der Waals surface area contributed by atoms with Gasteiger partial charge in [-0.25, -0.2) is 0 Å². The van der Waals surface area contributed by atoms with E-state index in [2.05, 4.69) is 0 Å². The van der Waals surface area contributed by atoms with Gasteiger partial charge in [0.25, 0.3) is 5.91 Å². The van der Waals surface area contributed by atoms with Crippen LogP contribution < -0.4 is 0 Å². The van der Waals surface area contributed by atoms with Crippen LogP contribution in [-0.4, -0.2) is 17.9 Å². The average Bonchev–Trinajstić information content (AvgIpc) is 2.75. The SMILES string of the molecule is CN1Cc2ccc(Cl)cc2-c2ccsc2C1=O. The number of nitrogens with zero attached hydrogens (tertiary/aromatic N) is 1. The number of benzene rings is 1. The van der Waals surface area contributed by atoms with Gasteiger partial charge in [0.15, 0.2) is 0 Å². The molecule has 0 atom stereocenters. The Morgan fingerprint density at radius 3 is 2.94 bits per heavy atom. The molecule has 1 amide bonds. The maximum atomic E-state index is 12.2. The second-order valence-electron chi connectivity index (χ2n) is 4.13. The molecule has 2 heterocycles. The fourth-order valence-electron chi connectivity index (χ4n) is 2.12. The molecule has 0 radical (unpaired) electrons. The third kappa shape index (κ3) is 1.66. The highest BCUT2D eigenvalue weighted by atomic mass is 35.5. The Labute approximate surface area is 108 Å². The number of rotatable bonds is 0. The molecule has 0 aliphatic carbocycles. The van der Waals surface area contributed by atoms with Crippen LogP contribution in [0.15, 0.2) is 29.6 Å². The Balaban J connectivity index is 2.31. The molecule has 1 aromatic heterocycles. The highest BCUT2D eigenvalue weighted by molar-refractivity contribution is 7.12. The van der Waals surface area contributed by atoms with Gasteiger partial charge in [-0.2, -0.15) is 0 Å². The molecule has 0 saturated heterocycles. The fraction of sp³-hybridized carbons (Fsp3) is 0.154. The molecule has 3 rings (SSSR count). The first kappa shape index (κ1) is 10.8. The van der Waals surface area contributed by atoms with E-state index in [1.807, 2.05) is 36.7 Å². The lowest BCUT2D eigenvalue weighted by Gasteiger charge is -2.14. The molecule has 0 unspecified atom stereocenters. The van der Waals surface area contributed by atoms with Crippen LogP contribution >= 0.6 is 22.9 Å². The zero-order valence-corrected chi connectivity index (χ0v) is 10.8. The highest BCUT2D eigenvalue weighted by Crippen LogP contribution is 2.36. The average molecular weight is 264 g/mol. The smallest absolute Gasteiger partial charge is 0.264 e. The van der Waals surface area contributed by atoms with E-state index in [0.29, 0.717) is 11.6 Å². The van der Waals surface area contributed by atoms with Gasteiger partial charge in [-0.05, 0) is 34.7 Å². The lowest BCUT2D eigenvalue weighted by Crippen LogP contribution is -2.24. The van der Waals surface area contributed by atoms with Crippen molar-refractivity contribution in [2.24, 2.45) is 0 Å². The van der Waals surface area contributed by atoms with Gasteiger partial charge in [-0.3, -0.25) is 4.79 Å². The summed E-state index contributed by atoms with van der Waals surface area (Å²) < 4.78 is 0. The molecule has 1 aromatic carbocycles. The van der Waals surface area contributed by atoms with Gasteiger partial charge in [-0.15, -0.1) is 11.3 Å². The number of hydrogen-bond acceptors (Lipinski definition) is 2. The van der Waals surface area contributed by atoms with E-state index >= 15 is 0 Å². The van der Waals surface area contributed by atoms with E-state index < -0.39 is 0 Å². The summed E-state index contributed by atoms with van der Waals surface area (Å²) in [7, 11) is 1.83. The molecule has 0 fully saturated rings. The van der Waals surface area contributed by atoms with E-state index in [1.165, 1.54) is 11.3 Å². The molecule has 0 spiro atoms.